The number of hydrogen-bond donors (Lipinski definition) is 2. The predicted molar refractivity (Wildman–Crippen MR) is 77.8 cm³/mol. The minimum atomic E-state index is -1.12. The normalized spacial score (nSPS) is 11.0. The van der Waals surface area contributed by atoms with Crippen LogP contribution in [-0.4, -0.2) is 30.8 Å². The maximum absolute atomic E-state index is 11.3. The van der Waals surface area contributed by atoms with Gasteiger partial charge < -0.3 is 10.8 Å². The van der Waals surface area contributed by atoms with Crippen molar-refractivity contribution in [3.63, 3.8) is 0 Å². The van der Waals surface area contributed by atoms with E-state index in [4.69, 9.17) is 17.3 Å². The zero-order valence-corrected chi connectivity index (χ0v) is 11.7. The van der Waals surface area contributed by atoms with Crippen LogP contribution in [-0.2, 0) is 0 Å². The summed E-state index contributed by atoms with van der Waals surface area (Å²) >= 11 is 6.07. The standard InChI is InChI=1S/C13H10ClN5O2/c1-6-2-3-7-9(4-6)19(18-10(7)12(20)21)11-8(14)5-16-13(15)17-11/h2-5H,1H3,(H,20,21)(H2,15,16,17). The molecule has 0 aliphatic heterocycles. The lowest BCUT2D eigenvalue weighted by atomic mass is 10.1. The first-order valence-electron chi connectivity index (χ1n) is 5.98. The molecule has 2 heterocycles. The Morgan fingerprint density at radius 2 is 2.19 bits per heavy atom. The van der Waals surface area contributed by atoms with Crippen LogP contribution in [0.2, 0.25) is 5.02 Å². The molecule has 0 spiro atoms. The average molecular weight is 304 g/mol. The third-order valence-electron chi connectivity index (χ3n) is 2.98. The first-order valence-corrected chi connectivity index (χ1v) is 6.36. The number of carbonyl (C=O) groups is 1. The summed E-state index contributed by atoms with van der Waals surface area (Å²) in [5.41, 5.74) is 7.04. The molecule has 3 N–H and O–H groups in total. The fourth-order valence-electron chi connectivity index (χ4n) is 2.06. The van der Waals surface area contributed by atoms with E-state index in [0.29, 0.717) is 10.9 Å². The second kappa shape index (κ2) is 4.71. The molecular formula is C13H10ClN5O2. The lowest BCUT2D eigenvalue weighted by Crippen LogP contribution is -2.06. The van der Waals surface area contributed by atoms with Crippen LogP contribution < -0.4 is 5.73 Å². The minimum absolute atomic E-state index is 0.0302. The largest absolute Gasteiger partial charge is 0.476 e. The number of benzene rings is 1. The van der Waals surface area contributed by atoms with Crippen LogP contribution in [0.1, 0.15) is 16.1 Å². The quantitative estimate of drug-likeness (QED) is 0.750. The van der Waals surface area contributed by atoms with E-state index in [1.54, 1.807) is 6.07 Å². The van der Waals surface area contributed by atoms with Gasteiger partial charge in [-0.1, -0.05) is 23.7 Å². The highest BCUT2D eigenvalue weighted by atomic mass is 35.5. The van der Waals surface area contributed by atoms with Crippen LogP contribution in [0.3, 0.4) is 0 Å². The monoisotopic (exact) mass is 303 g/mol. The van der Waals surface area contributed by atoms with E-state index in [1.807, 2.05) is 19.1 Å². The van der Waals surface area contributed by atoms with E-state index >= 15 is 0 Å². The summed E-state index contributed by atoms with van der Waals surface area (Å²) in [7, 11) is 0. The van der Waals surface area contributed by atoms with Crippen LogP contribution in [0.5, 0.6) is 0 Å². The molecular weight excluding hydrogens is 294 g/mol. The summed E-state index contributed by atoms with van der Waals surface area (Å²) in [6.07, 6.45) is 1.35. The van der Waals surface area contributed by atoms with Gasteiger partial charge in [-0.05, 0) is 18.6 Å². The number of fused-ring (bicyclic) bond motifs is 1. The van der Waals surface area contributed by atoms with Gasteiger partial charge in [-0.3, -0.25) is 0 Å². The van der Waals surface area contributed by atoms with Gasteiger partial charge in [0, 0.05) is 5.39 Å². The molecule has 0 fully saturated rings. The van der Waals surface area contributed by atoms with E-state index in [9.17, 15) is 9.90 Å². The number of aryl methyl sites for hydroxylation is 1. The number of anilines is 1. The van der Waals surface area contributed by atoms with Gasteiger partial charge >= 0.3 is 5.97 Å². The SMILES string of the molecule is Cc1ccc2c(C(=O)O)nn(-c3nc(N)ncc3Cl)c2c1. The molecule has 0 saturated heterocycles. The number of aromatic carboxylic acids is 1. The zero-order valence-electron chi connectivity index (χ0n) is 10.9. The molecule has 21 heavy (non-hydrogen) atoms. The third kappa shape index (κ3) is 2.17. The Balaban J connectivity index is 2.39. The van der Waals surface area contributed by atoms with Crippen LogP contribution in [0, 0.1) is 6.92 Å². The van der Waals surface area contributed by atoms with Crippen molar-refractivity contribution in [3.05, 3.63) is 40.7 Å². The number of halogens is 1. The summed E-state index contributed by atoms with van der Waals surface area (Å²) in [6, 6.07) is 5.33. The van der Waals surface area contributed by atoms with Crippen molar-refractivity contribution < 1.29 is 9.90 Å². The molecule has 0 unspecified atom stereocenters. The molecule has 3 rings (SSSR count). The van der Waals surface area contributed by atoms with Gasteiger partial charge in [-0.15, -0.1) is 0 Å². The van der Waals surface area contributed by atoms with Gasteiger partial charge in [0.25, 0.3) is 0 Å². The van der Waals surface area contributed by atoms with Crippen molar-refractivity contribution in [2.75, 3.05) is 5.73 Å². The van der Waals surface area contributed by atoms with Crippen molar-refractivity contribution in [3.8, 4) is 5.82 Å². The van der Waals surface area contributed by atoms with E-state index in [2.05, 4.69) is 15.1 Å². The molecule has 0 saturated carbocycles. The predicted octanol–water partition coefficient (Wildman–Crippen LogP) is 2.06. The molecule has 3 aromatic rings. The summed E-state index contributed by atoms with van der Waals surface area (Å²) < 4.78 is 1.37. The maximum atomic E-state index is 11.3. The van der Waals surface area contributed by atoms with Crippen LogP contribution in [0.25, 0.3) is 16.7 Å². The fourth-order valence-corrected chi connectivity index (χ4v) is 2.24. The van der Waals surface area contributed by atoms with Crippen molar-refractivity contribution >= 4 is 34.4 Å². The Morgan fingerprint density at radius 3 is 2.90 bits per heavy atom. The highest BCUT2D eigenvalue weighted by Crippen LogP contribution is 2.26. The molecule has 1 aromatic carbocycles. The first kappa shape index (κ1) is 13.3. The summed E-state index contributed by atoms with van der Waals surface area (Å²) in [4.78, 5) is 19.1. The number of hydrogen-bond acceptors (Lipinski definition) is 5. The Labute approximate surface area is 124 Å². The van der Waals surface area contributed by atoms with E-state index in [-0.39, 0.29) is 22.5 Å². The Hall–Kier alpha value is -2.67. The number of nitrogens with two attached hydrogens (primary N) is 1. The molecule has 2 aromatic heterocycles. The Kier molecular flexibility index (Phi) is 2.99. The number of nitrogen functional groups attached to an aromatic ring is 1. The molecule has 0 radical (unpaired) electrons. The fraction of sp³-hybridized carbons (Fsp3) is 0.0769. The lowest BCUT2D eigenvalue weighted by Gasteiger charge is -2.05. The lowest BCUT2D eigenvalue weighted by molar-refractivity contribution is 0.0692. The van der Waals surface area contributed by atoms with Gasteiger partial charge in [0.2, 0.25) is 5.95 Å². The van der Waals surface area contributed by atoms with Gasteiger partial charge in [0.1, 0.15) is 5.02 Å². The van der Waals surface area contributed by atoms with Crippen molar-refractivity contribution in [1.82, 2.24) is 19.7 Å². The number of aromatic nitrogens is 4. The molecule has 106 valence electrons. The second-order valence-electron chi connectivity index (χ2n) is 4.49. The number of carboxylic acids is 1. The number of rotatable bonds is 2. The summed E-state index contributed by atoms with van der Waals surface area (Å²) in [5, 5.41) is 14.1. The van der Waals surface area contributed by atoms with Gasteiger partial charge in [-0.2, -0.15) is 10.1 Å². The Morgan fingerprint density at radius 1 is 1.43 bits per heavy atom. The van der Waals surface area contributed by atoms with Crippen molar-refractivity contribution in [1.29, 1.82) is 0 Å². The third-order valence-corrected chi connectivity index (χ3v) is 3.25. The van der Waals surface area contributed by atoms with Gasteiger partial charge in [0.15, 0.2) is 11.5 Å². The topological polar surface area (TPSA) is 107 Å². The number of nitrogens with zero attached hydrogens (tertiary/aromatic N) is 4. The van der Waals surface area contributed by atoms with Crippen LogP contribution in [0.15, 0.2) is 24.4 Å². The van der Waals surface area contributed by atoms with Crippen LogP contribution >= 0.6 is 11.6 Å². The van der Waals surface area contributed by atoms with E-state index in [0.717, 1.165) is 5.56 Å². The second-order valence-corrected chi connectivity index (χ2v) is 4.89. The van der Waals surface area contributed by atoms with E-state index in [1.165, 1.54) is 10.9 Å². The van der Waals surface area contributed by atoms with E-state index < -0.39 is 5.97 Å². The highest BCUT2D eigenvalue weighted by Gasteiger charge is 2.19. The highest BCUT2D eigenvalue weighted by molar-refractivity contribution is 6.32. The molecule has 0 aliphatic rings. The molecule has 0 amide bonds. The molecule has 0 atom stereocenters. The summed E-state index contributed by atoms with van der Waals surface area (Å²) in [5.74, 6) is -0.851. The first-order chi connectivity index (χ1) is 9.97. The van der Waals surface area contributed by atoms with Crippen molar-refractivity contribution in [2.24, 2.45) is 0 Å². The smallest absolute Gasteiger partial charge is 0.357 e. The molecule has 0 aliphatic carbocycles. The minimum Gasteiger partial charge on any atom is -0.476 e. The Bertz CT molecular complexity index is 874. The molecule has 7 nitrogen and oxygen atoms in total. The molecule has 8 heteroatoms. The zero-order chi connectivity index (χ0) is 15.1. The number of carboxylic acid groups (broad SMARTS) is 1. The van der Waals surface area contributed by atoms with Crippen LogP contribution in [0.4, 0.5) is 5.95 Å². The molecule has 0 bridgehead atoms. The maximum Gasteiger partial charge on any atom is 0.357 e. The van der Waals surface area contributed by atoms with Crippen molar-refractivity contribution in [2.45, 2.75) is 6.92 Å². The van der Waals surface area contributed by atoms with Gasteiger partial charge in [-0.25, -0.2) is 14.5 Å². The summed E-state index contributed by atoms with van der Waals surface area (Å²) in [6.45, 7) is 1.90. The van der Waals surface area contributed by atoms with Gasteiger partial charge in [0.05, 0.1) is 11.7 Å². The average Bonchev–Trinajstić information content (AvgIpc) is 2.80.